The molecule has 0 amide bonds. The molecule has 0 heterocycles. The molecule has 0 aromatic carbocycles. The molecule has 0 unspecified atom stereocenters. The molecule has 88 valence electrons. The zero-order valence-electron chi connectivity index (χ0n) is 11.0. The van der Waals surface area contributed by atoms with Crippen molar-refractivity contribution in [2.24, 2.45) is 10.4 Å². The van der Waals surface area contributed by atoms with Crippen LogP contribution in [0.4, 0.5) is 0 Å². The van der Waals surface area contributed by atoms with Crippen LogP contribution in [0.25, 0.3) is 0 Å². The Morgan fingerprint density at radius 2 is 1.73 bits per heavy atom. The normalized spacial score (nSPS) is 22.1. The highest BCUT2D eigenvalue weighted by atomic mass is 14.8. The first-order valence-electron chi connectivity index (χ1n) is 6.54. The molecule has 15 heavy (non-hydrogen) atoms. The minimum atomic E-state index is 0.0954. The summed E-state index contributed by atoms with van der Waals surface area (Å²) in [6.07, 6.45) is 11.9. The molecule has 1 aliphatic carbocycles. The van der Waals surface area contributed by atoms with Crippen molar-refractivity contribution in [1.82, 2.24) is 0 Å². The molecule has 1 saturated carbocycles. The van der Waals surface area contributed by atoms with Crippen LogP contribution in [0.3, 0.4) is 0 Å². The van der Waals surface area contributed by atoms with Crippen molar-refractivity contribution in [3.05, 3.63) is 0 Å². The zero-order chi connectivity index (χ0) is 11.4. The summed E-state index contributed by atoms with van der Waals surface area (Å²) in [5.74, 6) is 0. The van der Waals surface area contributed by atoms with Crippen molar-refractivity contribution >= 4 is 6.21 Å². The van der Waals surface area contributed by atoms with Crippen molar-refractivity contribution in [3.8, 4) is 0 Å². The first kappa shape index (κ1) is 12.7. The Labute approximate surface area is 95.4 Å². The van der Waals surface area contributed by atoms with E-state index in [-0.39, 0.29) is 5.54 Å². The third-order valence-corrected chi connectivity index (χ3v) is 3.32. The lowest BCUT2D eigenvalue weighted by Crippen LogP contribution is -2.27. The van der Waals surface area contributed by atoms with Gasteiger partial charge < -0.3 is 0 Å². The van der Waals surface area contributed by atoms with E-state index in [4.69, 9.17) is 4.99 Å². The van der Waals surface area contributed by atoms with Crippen LogP contribution in [-0.4, -0.2) is 11.8 Å². The third kappa shape index (κ3) is 4.36. The van der Waals surface area contributed by atoms with Crippen molar-refractivity contribution in [1.29, 1.82) is 0 Å². The Hall–Kier alpha value is -0.330. The largest absolute Gasteiger partial charge is 0.291 e. The standard InChI is InChI=1S/C14H27N/c1-5-9-14(10-7-6-8-11-14)12-15-13(2,3)4/h12H,5-11H2,1-4H3. The minimum absolute atomic E-state index is 0.0954. The van der Waals surface area contributed by atoms with E-state index in [0.717, 1.165) is 0 Å². The van der Waals surface area contributed by atoms with Crippen LogP contribution in [0, 0.1) is 5.41 Å². The lowest BCUT2D eigenvalue weighted by Gasteiger charge is -2.34. The summed E-state index contributed by atoms with van der Waals surface area (Å²) >= 11 is 0. The Morgan fingerprint density at radius 3 is 2.20 bits per heavy atom. The second-order valence-electron chi connectivity index (χ2n) is 6.10. The number of hydrogen-bond donors (Lipinski definition) is 0. The van der Waals surface area contributed by atoms with E-state index in [9.17, 15) is 0 Å². The summed E-state index contributed by atoms with van der Waals surface area (Å²) in [5, 5.41) is 0. The number of aliphatic imine (C=N–C) groups is 1. The molecule has 0 saturated heterocycles. The van der Waals surface area contributed by atoms with E-state index in [2.05, 4.69) is 33.9 Å². The fourth-order valence-corrected chi connectivity index (χ4v) is 2.53. The number of rotatable bonds is 3. The van der Waals surface area contributed by atoms with Crippen LogP contribution in [-0.2, 0) is 0 Å². The summed E-state index contributed by atoms with van der Waals surface area (Å²) in [4.78, 5) is 4.75. The molecule has 1 heteroatoms. The third-order valence-electron chi connectivity index (χ3n) is 3.32. The van der Waals surface area contributed by atoms with Gasteiger partial charge in [-0.25, -0.2) is 0 Å². The lowest BCUT2D eigenvalue weighted by molar-refractivity contribution is 0.268. The Balaban J connectivity index is 2.68. The summed E-state index contributed by atoms with van der Waals surface area (Å²) in [6.45, 7) is 8.85. The van der Waals surface area contributed by atoms with Crippen LogP contribution in [0.15, 0.2) is 4.99 Å². The highest BCUT2D eigenvalue weighted by Crippen LogP contribution is 2.39. The summed E-state index contributed by atoms with van der Waals surface area (Å²) in [7, 11) is 0. The Bertz CT molecular complexity index is 198. The summed E-state index contributed by atoms with van der Waals surface area (Å²) < 4.78 is 0. The molecule has 0 radical (unpaired) electrons. The second kappa shape index (κ2) is 5.14. The van der Waals surface area contributed by atoms with Gasteiger partial charge in [-0.1, -0.05) is 32.6 Å². The van der Waals surface area contributed by atoms with Gasteiger partial charge in [0.2, 0.25) is 0 Å². The molecule has 0 bridgehead atoms. The zero-order valence-corrected chi connectivity index (χ0v) is 11.0. The van der Waals surface area contributed by atoms with Crippen LogP contribution < -0.4 is 0 Å². The molecule has 0 spiro atoms. The van der Waals surface area contributed by atoms with Gasteiger partial charge in [0.05, 0.1) is 5.54 Å². The molecule has 0 atom stereocenters. The topological polar surface area (TPSA) is 12.4 Å². The van der Waals surface area contributed by atoms with E-state index < -0.39 is 0 Å². The van der Waals surface area contributed by atoms with Crippen LogP contribution in [0.2, 0.25) is 0 Å². The molecule has 1 rings (SSSR count). The van der Waals surface area contributed by atoms with Gasteiger partial charge in [-0.15, -0.1) is 0 Å². The van der Waals surface area contributed by atoms with Gasteiger partial charge in [0, 0.05) is 11.6 Å². The maximum absolute atomic E-state index is 4.75. The number of hydrogen-bond acceptors (Lipinski definition) is 1. The molecule has 0 N–H and O–H groups in total. The van der Waals surface area contributed by atoms with Crippen LogP contribution >= 0.6 is 0 Å². The van der Waals surface area contributed by atoms with Gasteiger partial charge in [0.25, 0.3) is 0 Å². The maximum Gasteiger partial charge on any atom is 0.0520 e. The summed E-state index contributed by atoms with van der Waals surface area (Å²) in [5.41, 5.74) is 0.540. The second-order valence-corrected chi connectivity index (χ2v) is 6.10. The van der Waals surface area contributed by atoms with Crippen LogP contribution in [0.1, 0.15) is 72.6 Å². The van der Waals surface area contributed by atoms with Gasteiger partial charge in [-0.05, 0) is 40.0 Å². The smallest absolute Gasteiger partial charge is 0.0520 e. The SMILES string of the molecule is CCCC1(C=NC(C)(C)C)CCCCC1. The van der Waals surface area contributed by atoms with Gasteiger partial charge in [-0.3, -0.25) is 4.99 Å². The molecule has 0 aromatic heterocycles. The Kier molecular flexibility index (Phi) is 4.36. The molecule has 0 aliphatic heterocycles. The highest BCUT2D eigenvalue weighted by Gasteiger charge is 2.29. The lowest BCUT2D eigenvalue weighted by atomic mass is 9.72. The van der Waals surface area contributed by atoms with Crippen molar-refractivity contribution in [2.45, 2.75) is 78.2 Å². The quantitative estimate of drug-likeness (QED) is 0.602. The van der Waals surface area contributed by atoms with Gasteiger partial charge in [0.1, 0.15) is 0 Å². The average molecular weight is 209 g/mol. The van der Waals surface area contributed by atoms with Crippen molar-refractivity contribution in [3.63, 3.8) is 0 Å². The van der Waals surface area contributed by atoms with E-state index in [0.29, 0.717) is 5.41 Å². The van der Waals surface area contributed by atoms with Gasteiger partial charge in [0.15, 0.2) is 0 Å². The molecule has 1 aliphatic rings. The fourth-order valence-electron chi connectivity index (χ4n) is 2.53. The maximum atomic E-state index is 4.75. The number of nitrogens with zero attached hydrogens (tertiary/aromatic N) is 1. The average Bonchev–Trinajstić information content (AvgIpc) is 2.16. The predicted molar refractivity (Wildman–Crippen MR) is 68.7 cm³/mol. The molecule has 1 fully saturated rings. The first-order valence-corrected chi connectivity index (χ1v) is 6.54. The molecular formula is C14H27N. The fraction of sp³-hybridized carbons (Fsp3) is 0.929. The molecule has 0 aromatic rings. The van der Waals surface area contributed by atoms with Crippen LogP contribution in [0.5, 0.6) is 0 Å². The predicted octanol–water partition coefficient (Wildman–Crippen LogP) is 4.61. The van der Waals surface area contributed by atoms with Crippen molar-refractivity contribution < 1.29 is 0 Å². The molecule has 1 nitrogen and oxygen atoms in total. The van der Waals surface area contributed by atoms with Crippen molar-refractivity contribution in [2.75, 3.05) is 0 Å². The van der Waals surface area contributed by atoms with E-state index >= 15 is 0 Å². The Morgan fingerprint density at radius 1 is 1.13 bits per heavy atom. The van der Waals surface area contributed by atoms with E-state index in [1.54, 1.807) is 0 Å². The highest BCUT2D eigenvalue weighted by molar-refractivity contribution is 5.66. The molecular weight excluding hydrogens is 182 g/mol. The minimum Gasteiger partial charge on any atom is -0.291 e. The summed E-state index contributed by atoms with van der Waals surface area (Å²) in [6, 6.07) is 0. The van der Waals surface area contributed by atoms with E-state index in [1.807, 2.05) is 0 Å². The van der Waals surface area contributed by atoms with Gasteiger partial charge in [-0.2, -0.15) is 0 Å². The van der Waals surface area contributed by atoms with E-state index in [1.165, 1.54) is 44.9 Å². The van der Waals surface area contributed by atoms with Gasteiger partial charge >= 0.3 is 0 Å². The first-order chi connectivity index (χ1) is 6.97. The monoisotopic (exact) mass is 209 g/mol.